The van der Waals surface area contributed by atoms with Gasteiger partial charge in [0.25, 0.3) is 0 Å². The van der Waals surface area contributed by atoms with Crippen molar-refractivity contribution in [1.82, 2.24) is 10.1 Å². The Bertz CT molecular complexity index is 622. The van der Waals surface area contributed by atoms with Gasteiger partial charge < -0.3 is 20.1 Å². The Balaban J connectivity index is 1.98. The maximum atomic E-state index is 9.80. The zero-order valence-corrected chi connectivity index (χ0v) is 11.5. The lowest BCUT2D eigenvalue weighted by molar-refractivity contribution is 0.166. The highest BCUT2D eigenvalue weighted by Crippen LogP contribution is 2.30. The fourth-order valence-electron chi connectivity index (χ4n) is 2.38. The number of aromatic nitrogens is 2. The normalized spacial score (nSPS) is 22.4. The van der Waals surface area contributed by atoms with Crippen LogP contribution in [0.25, 0.3) is 11.4 Å². The summed E-state index contributed by atoms with van der Waals surface area (Å²) in [5.74, 6) is 1.16. The van der Waals surface area contributed by atoms with E-state index < -0.39 is 5.54 Å². The second-order valence-corrected chi connectivity index (χ2v) is 5.34. The van der Waals surface area contributed by atoms with Gasteiger partial charge in [-0.3, -0.25) is 0 Å². The van der Waals surface area contributed by atoms with Crippen molar-refractivity contribution in [3.8, 4) is 17.1 Å². The number of benzene rings is 1. The zero-order valence-electron chi connectivity index (χ0n) is 11.5. The van der Waals surface area contributed by atoms with Crippen LogP contribution in [0.15, 0.2) is 16.7 Å². The zero-order chi connectivity index (χ0) is 14.3. The third-order valence-electron chi connectivity index (χ3n) is 3.65. The maximum Gasteiger partial charge on any atom is 0.249 e. The summed E-state index contributed by atoms with van der Waals surface area (Å²) in [5.41, 5.74) is 7.86. The van der Waals surface area contributed by atoms with Crippen LogP contribution in [0.1, 0.15) is 23.4 Å². The fourth-order valence-corrected chi connectivity index (χ4v) is 2.38. The lowest BCUT2D eigenvalue weighted by Crippen LogP contribution is -2.37. The van der Waals surface area contributed by atoms with Gasteiger partial charge in [0.15, 0.2) is 0 Å². The third-order valence-corrected chi connectivity index (χ3v) is 3.65. The van der Waals surface area contributed by atoms with Crippen LogP contribution in [-0.4, -0.2) is 28.5 Å². The minimum Gasteiger partial charge on any atom is -0.507 e. The molecule has 3 rings (SSSR count). The summed E-state index contributed by atoms with van der Waals surface area (Å²) < 4.78 is 10.6. The Hall–Kier alpha value is -1.92. The molecule has 0 radical (unpaired) electrons. The van der Waals surface area contributed by atoms with Crippen LogP contribution in [0.4, 0.5) is 0 Å². The Morgan fingerprint density at radius 3 is 2.60 bits per heavy atom. The second kappa shape index (κ2) is 4.57. The van der Waals surface area contributed by atoms with Crippen LogP contribution in [-0.2, 0) is 10.3 Å². The highest BCUT2D eigenvalue weighted by Gasteiger charge is 2.38. The summed E-state index contributed by atoms with van der Waals surface area (Å²) in [4.78, 5) is 4.38. The van der Waals surface area contributed by atoms with Crippen molar-refractivity contribution in [2.45, 2.75) is 25.8 Å². The van der Waals surface area contributed by atoms with Crippen LogP contribution in [0.2, 0.25) is 0 Å². The van der Waals surface area contributed by atoms with Crippen LogP contribution >= 0.6 is 0 Å². The van der Waals surface area contributed by atoms with E-state index in [-0.39, 0.29) is 5.75 Å². The van der Waals surface area contributed by atoms with Crippen LogP contribution in [0, 0.1) is 13.8 Å². The summed E-state index contributed by atoms with van der Waals surface area (Å²) in [6.07, 6.45) is 0.669. The van der Waals surface area contributed by atoms with Crippen LogP contribution in [0.5, 0.6) is 5.75 Å². The average molecular weight is 275 g/mol. The van der Waals surface area contributed by atoms with E-state index in [0.29, 0.717) is 31.3 Å². The van der Waals surface area contributed by atoms with E-state index >= 15 is 0 Å². The molecule has 3 N–H and O–H groups in total. The smallest absolute Gasteiger partial charge is 0.249 e. The summed E-state index contributed by atoms with van der Waals surface area (Å²) in [6, 6.07) is 3.65. The first kappa shape index (κ1) is 13.1. The van der Waals surface area contributed by atoms with E-state index in [1.807, 2.05) is 26.0 Å². The van der Waals surface area contributed by atoms with E-state index in [4.69, 9.17) is 15.0 Å². The molecule has 1 unspecified atom stereocenters. The molecule has 1 aromatic carbocycles. The predicted octanol–water partition coefficient (Wildman–Crippen LogP) is 1.63. The first-order chi connectivity index (χ1) is 9.49. The molecule has 1 saturated heterocycles. The third kappa shape index (κ3) is 2.07. The number of nitrogens with two attached hydrogens (primary N) is 1. The monoisotopic (exact) mass is 275 g/mol. The minimum absolute atomic E-state index is 0.289. The highest BCUT2D eigenvalue weighted by molar-refractivity contribution is 5.60. The Morgan fingerprint density at radius 2 is 2.00 bits per heavy atom. The van der Waals surface area contributed by atoms with Crippen LogP contribution in [0.3, 0.4) is 0 Å². The maximum absolute atomic E-state index is 9.80. The molecule has 0 aliphatic carbocycles. The number of hydrogen-bond acceptors (Lipinski definition) is 6. The molecular weight excluding hydrogens is 258 g/mol. The van der Waals surface area contributed by atoms with Gasteiger partial charge in [0.05, 0.1) is 6.61 Å². The number of aryl methyl sites for hydroxylation is 2. The van der Waals surface area contributed by atoms with Gasteiger partial charge in [-0.15, -0.1) is 0 Å². The summed E-state index contributed by atoms with van der Waals surface area (Å²) in [7, 11) is 0. The summed E-state index contributed by atoms with van der Waals surface area (Å²) in [5, 5.41) is 13.8. The summed E-state index contributed by atoms with van der Waals surface area (Å²) >= 11 is 0. The Morgan fingerprint density at radius 1 is 1.30 bits per heavy atom. The first-order valence-electron chi connectivity index (χ1n) is 6.51. The second-order valence-electron chi connectivity index (χ2n) is 5.34. The molecule has 0 spiro atoms. The number of aromatic hydroxyl groups is 1. The van der Waals surface area contributed by atoms with Crippen molar-refractivity contribution in [3.63, 3.8) is 0 Å². The van der Waals surface area contributed by atoms with Gasteiger partial charge in [-0.2, -0.15) is 4.98 Å². The highest BCUT2D eigenvalue weighted by atomic mass is 16.5. The van der Waals surface area contributed by atoms with Gasteiger partial charge in [0.2, 0.25) is 11.7 Å². The Kier molecular flexibility index (Phi) is 2.99. The number of phenols is 1. The van der Waals surface area contributed by atoms with Crippen molar-refractivity contribution in [1.29, 1.82) is 0 Å². The van der Waals surface area contributed by atoms with Crippen molar-refractivity contribution >= 4 is 0 Å². The average Bonchev–Trinajstić information content (AvgIpc) is 3.05. The van der Waals surface area contributed by atoms with Crippen molar-refractivity contribution in [2.24, 2.45) is 5.73 Å². The van der Waals surface area contributed by atoms with E-state index in [1.165, 1.54) is 0 Å². The van der Waals surface area contributed by atoms with Crippen molar-refractivity contribution in [3.05, 3.63) is 29.2 Å². The lowest BCUT2D eigenvalue weighted by atomic mass is 10.0. The largest absolute Gasteiger partial charge is 0.507 e. The minimum atomic E-state index is -0.688. The number of nitrogens with zero attached hydrogens (tertiary/aromatic N) is 2. The standard InChI is InChI=1S/C14H17N3O3/c1-8-5-10(6-9(2)11(8)18)12-16-13(20-17-12)14(15)3-4-19-7-14/h5-6,18H,3-4,7,15H2,1-2H3. The number of phenolic OH excluding ortho intramolecular Hbond substituents is 1. The van der Waals surface area contributed by atoms with Gasteiger partial charge in [0, 0.05) is 12.2 Å². The van der Waals surface area contributed by atoms with Gasteiger partial charge in [-0.1, -0.05) is 5.16 Å². The molecule has 6 nitrogen and oxygen atoms in total. The molecule has 2 heterocycles. The quantitative estimate of drug-likeness (QED) is 0.865. The Labute approximate surface area is 116 Å². The predicted molar refractivity (Wildman–Crippen MR) is 72.2 cm³/mol. The van der Waals surface area contributed by atoms with Gasteiger partial charge in [0.1, 0.15) is 11.3 Å². The topological polar surface area (TPSA) is 94.4 Å². The van der Waals surface area contributed by atoms with Gasteiger partial charge in [-0.05, 0) is 43.5 Å². The van der Waals surface area contributed by atoms with E-state index in [9.17, 15) is 5.11 Å². The molecule has 0 amide bonds. The molecular formula is C14H17N3O3. The van der Waals surface area contributed by atoms with Crippen molar-refractivity contribution < 1.29 is 14.4 Å². The fraction of sp³-hybridized carbons (Fsp3) is 0.429. The molecule has 20 heavy (non-hydrogen) atoms. The lowest BCUT2D eigenvalue weighted by Gasteiger charge is -2.15. The van der Waals surface area contributed by atoms with Gasteiger partial charge in [-0.25, -0.2) is 0 Å². The molecule has 1 aliphatic rings. The van der Waals surface area contributed by atoms with E-state index in [2.05, 4.69) is 10.1 Å². The van der Waals surface area contributed by atoms with Gasteiger partial charge >= 0.3 is 0 Å². The molecule has 0 saturated carbocycles. The van der Waals surface area contributed by atoms with Crippen molar-refractivity contribution in [2.75, 3.05) is 13.2 Å². The molecule has 1 atom stereocenters. The number of hydrogen-bond donors (Lipinski definition) is 2. The molecule has 2 aromatic rings. The first-order valence-corrected chi connectivity index (χ1v) is 6.51. The SMILES string of the molecule is Cc1cc(-c2noc(C3(N)CCOC3)n2)cc(C)c1O. The van der Waals surface area contributed by atoms with E-state index in [0.717, 1.165) is 16.7 Å². The molecule has 6 heteroatoms. The summed E-state index contributed by atoms with van der Waals surface area (Å²) in [6.45, 7) is 4.66. The number of ether oxygens (including phenoxy) is 1. The molecule has 106 valence electrons. The number of rotatable bonds is 2. The van der Waals surface area contributed by atoms with E-state index in [1.54, 1.807) is 0 Å². The molecule has 1 aliphatic heterocycles. The molecule has 0 bridgehead atoms. The molecule has 1 fully saturated rings. The van der Waals surface area contributed by atoms with Crippen LogP contribution < -0.4 is 5.73 Å². The molecule has 1 aromatic heterocycles.